The molecule has 2 rings (SSSR count). The van der Waals surface area contributed by atoms with Gasteiger partial charge in [-0.25, -0.2) is 4.79 Å². The van der Waals surface area contributed by atoms with E-state index in [2.05, 4.69) is 11.9 Å². The van der Waals surface area contributed by atoms with Crippen LogP contribution in [0.5, 0.6) is 5.75 Å². The molecule has 4 heteroatoms. The fourth-order valence-electron chi connectivity index (χ4n) is 2.58. The molecule has 0 saturated carbocycles. The minimum atomic E-state index is -0.939. The molecule has 0 spiro atoms. The largest absolute Gasteiger partial charge is 0.493 e. The number of carbonyl (C=O) groups is 1. The smallest absolute Gasteiger partial charge is 0.339 e. The molecular weight excluding hydrogens is 242 g/mol. The van der Waals surface area contributed by atoms with Gasteiger partial charge in [0, 0.05) is 6.04 Å². The molecule has 1 heterocycles. The van der Waals surface area contributed by atoms with Gasteiger partial charge in [-0.1, -0.05) is 18.6 Å². The summed E-state index contributed by atoms with van der Waals surface area (Å²) >= 11 is 0. The Kier molecular flexibility index (Phi) is 4.80. The Morgan fingerprint density at radius 2 is 2.21 bits per heavy atom. The molecule has 1 aromatic rings. The molecule has 0 aliphatic carbocycles. The number of carboxylic acids is 1. The van der Waals surface area contributed by atoms with Gasteiger partial charge >= 0.3 is 5.97 Å². The van der Waals surface area contributed by atoms with E-state index in [1.54, 1.807) is 24.3 Å². The van der Waals surface area contributed by atoms with Crippen LogP contribution < -0.4 is 4.74 Å². The maximum absolute atomic E-state index is 11.1. The molecule has 1 fully saturated rings. The highest BCUT2D eigenvalue weighted by Gasteiger charge is 2.19. The van der Waals surface area contributed by atoms with E-state index in [0.717, 1.165) is 13.0 Å². The fraction of sp³-hybridized carbons (Fsp3) is 0.533. The van der Waals surface area contributed by atoms with Crippen molar-refractivity contribution in [3.05, 3.63) is 29.8 Å². The number of nitrogens with zero attached hydrogens (tertiary/aromatic N) is 1. The molecule has 1 N–H and O–H groups in total. The molecule has 19 heavy (non-hydrogen) atoms. The van der Waals surface area contributed by atoms with Gasteiger partial charge in [0.05, 0.1) is 6.61 Å². The summed E-state index contributed by atoms with van der Waals surface area (Å²) in [4.78, 5) is 13.4. The Morgan fingerprint density at radius 1 is 1.42 bits per heavy atom. The van der Waals surface area contributed by atoms with Crippen molar-refractivity contribution in [3.8, 4) is 5.75 Å². The predicted octanol–water partition coefficient (Wildman–Crippen LogP) is 2.64. The third-order valence-electron chi connectivity index (χ3n) is 3.75. The highest BCUT2D eigenvalue weighted by atomic mass is 16.5. The zero-order chi connectivity index (χ0) is 13.7. The van der Waals surface area contributed by atoms with Crippen LogP contribution in [0.1, 0.15) is 36.0 Å². The number of hydrogen-bond acceptors (Lipinski definition) is 3. The van der Waals surface area contributed by atoms with Crippen LogP contribution in [0.2, 0.25) is 0 Å². The highest BCUT2D eigenvalue weighted by Crippen LogP contribution is 2.21. The molecule has 1 saturated heterocycles. The topological polar surface area (TPSA) is 49.8 Å². The summed E-state index contributed by atoms with van der Waals surface area (Å²) in [7, 11) is 2.15. The van der Waals surface area contributed by atoms with E-state index in [9.17, 15) is 4.79 Å². The van der Waals surface area contributed by atoms with Crippen LogP contribution in [0.15, 0.2) is 24.3 Å². The number of carboxylic acid groups (broad SMARTS) is 1. The van der Waals surface area contributed by atoms with Gasteiger partial charge in [0.25, 0.3) is 0 Å². The molecule has 1 unspecified atom stereocenters. The Bertz CT molecular complexity index is 433. The molecule has 0 aromatic heterocycles. The van der Waals surface area contributed by atoms with Crippen molar-refractivity contribution in [1.82, 2.24) is 4.90 Å². The molecule has 1 aliphatic rings. The summed E-state index contributed by atoms with van der Waals surface area (Å²) in [5.41, 5.74) is 0.236. The van der Waals surface area contributed by atoms with Crippen molar-refractivity contribution < 1.29 is 14.6 Å². The molecule has 1 atom stereocenters. The van der Waals surface area contributed by atoms with Crippen LogP contribution in [0.3, 0.4) is 0 Å². The molecule has 0 bridgehead atoms. The van der Waals surface area contributed by atoms with Gasteiger partial charge in [0.1, 0.15) is 11.3 Å². The first-order valence-corrected chi connectivity index (χ1v) is 6.84. The lowest BCUT2D eigenvalue weighted by Gasteiger charge is -2.32. The lowest BCUT2D eigenvalue weighted by molar-refractivity contribution is 0.0691. The maximum Gasteiger partial charge on any atom is 0.339 e. The first-order chi connectivity index (χ1) is 9.18. The zero-order valence-electron chi connectivity index (χ0n) is 11.3. The first-order valence-electron chi connectivity index (χ1n) is 6.84. The molecule has 1 aliphatic heterocycles. The van der Waals surface area contributed by atoms with Crippen molar-refractivity contribution in [2.24, 2.45) is 0 Å². The van der Waals surface area contributed by atoms with Crippen molar-refractivity contribution in [2.45, 2.75) is 31.7 Å². The minimum Gasteiger partial charge on any atom is -0.493 e. The first kappa shape index (κ1) is 13.9. The maximum atomic E-state index is 11.1. The summed E-state index contributed by atoms with van der Waals surface area (Å²) < 4.78 is 5.64. The number of rotatable bonds is 5. The molecule has 4 nitrogen and oxygen atoms in total. The van der Waals surface area contributed by atoms with Gasteiger partial charge in [0.2, 0.25) is 0 Å². The van der Waals surface area contributed by atoms with Gasteiger partial charge in [-0.3, -0.25) is 0 Å². The third-order valence-corrected chi connectivity index (χ3v) is 3.75. The predicted molar refractivity (Wildman–Crippen MR) is 73.8 cm³/mol. The van der Waals surface area contributed by atoms with E-state index >= 15 is 0 Å². The van der Waals surface area contributed by atoms with E-state index in [0.29, 0.717) is 18.4 Å². The van der Waals surface area contributed by atoms with Crippen LogP contribution in [0, 0.1) is 0 Å². The van der Waals surface area contributed by atoms with Crippen molar-refractivity contribution in [3.63, 3.8) is 0 Å². The second-order valence-electron chi connectivity index (χ2n) is 5.07. The average molecular weight is 263 g/mol. The normalized spacial score (nSPS) is 20.2. The number of hydrogen-bond donors (Lipinski definition) is 1. The Hall–Kier alpha value is -1.55. The summed E-state index contributed by atoms with van der Waals surface area (Å²) in [6.45, 7) is 1.72. The van der Waals surface area contributed by atoms with E-state index < -0.39 is 5.97 Å². The minimum absolute atomic E-state index is 0.236. The van der Waals surface area contributed by atoms with Crippen molar-refractivity contribution >= 4 is 5.97 Å². The molecule has 1 aromatic carbocycles. The molecular formula is C15H21NO3. The zero-order valence-corrected chi connectivity index (χ0v) is 11.3. The van der Waals surface area contributed by atoms with Gasteiger partial charge in [-0.15, -0.1) is 0 Å². The van der Waals surface area contributed by atoms with Crippen LogP contribution in [-0.4, -0.2) is 42.2 Å². The average Bonchev–Trinajstić information content (AvgIpc) is 2.41. The summed E-state index contributed by atoms with van der Waals surface area (Å²) in [6, 6.07) is 7.36. The lowest BCUT2D eigenvalue weighted by Crippen LogP contribution is -2.37. The van der Waals surface area contributed by atoms with Gasteiger partial charge in [-0.2, -0.15) is 0 Å². The molecule has 0 amide bonds. The van der Waals surface area contributed by atoms with Crippen LogP contribution in [0.25, 0.3) is 0 Å². The Labute approximate surface area is 114 Å². The molecule has 0 radical (unpaired) electrons. The fourth-order valence-corrected chi connectivity index (χ4v) is 2.58. The number of aromatic carboxylic acids is 1. The monoisotopic (exact) mass is 263 g/mol. The van der Waals surface area contributed by atoms with Gasteiger partial charge in [0.15, 0.2) is 0 Å². The number of piperidine rings is 1. The van der Waals surface area contributed by atoms with Gasteiger partial charge in [-0.05, 0) is 45.0 Å². The van der Waals surface area contributed by atoms with Crippen molar-refractivity contribution in [2.75, 3.05) is 20.2 Å². The highest BCUT2D eigenvalue weighted by molar-refractivity contribution is 5.90. The van der Waals surface area contributed by atoms with Crippen molar-refractivity contribution in [1.29, 1.82) is 0 Å². The van der Waals surface area contributed by atoms with Crippen LogP contribution in [-0.2, 0) is 0 Å². The quantitative estimate of drug-likeness (QED) is 0.887. The van der Waals surface area contributed by atoms with Crippen LogP contribution in [0.4, 0.5) is 0 Å². The number of likely N-dealkylation sites (tertiary alicyclic amines) is 1. The summed E-state index contributed by atoms with van der Waals surface area (Å²) in [6.07, 6.45) is 4.71. The molecule has 104 valence electrons. The van der Waals surface area contributed by atoms with Gasteiger partial charge < -0.3 is 14.7 Å². The second-order valence-corrected chi connectivity index (χ2v) is 5.07. The number of ether oxygens (including phenoxy) is 1. The van der Waals surface area contributed by atoms with E-state index in [1.165, 1.54) is 19.3 Å². The Morgan fingerprint density at radius 3 is 2.95 bits per heavy atom. The number of para-hydroxylation sites is 1. The van der Waals surface area contributed by atoms with E-state index in [-0.39, 0.29) is 5.56 Å². The van der Waals surface area contributed by atoms with E-state index in [1.807, 2.05) is 0 Å². The SMILES string of the molecule is CN1CCCCC1CCOc1ccccc1C(=O)O. The second kappa shape index (κ2) is 6.57. The summed E-state index contributed by atoms with van der Waals surface area (Å²) in [5, 5.41) is 9.07. The standard InChI is InChI=1S/C15H21NO3/c1-16-10-5-4-6-12(16)9-11-19-14-8-3-2-7-13(14)15(17)18/h2-3,7-8,12H,4-6,9-11H2,1H3,(H,17,18). The number of benzene rings is 1. The van der Waals surface area contributed by atoms with Crippen LogP contribution >= 0.6 is 0 Å². The summed E-state index contributed by atoms with van der Waals surface area (Å²) in [5.74, 6) is -0.473. The van der Waals surface area contributed by atoms with E-state index in [4.69, 9.17) is 9.84 Å². The lowest BCUT2D eigenvalue weighted by atomic mass is 10.0. The third kappa shape index (κ3) is 3.70. The Balaban J connectivity index is 1.87.